The third-order valence-electron chi connectivity index (χ3n) is 2.30. The molecular weight excluding hydrogens is 208 g/mol. The van der Waals surface area contributed by atoms with Gasteiger partial charge in [0.1, 0.15) is 0 Å². The predicted octanol–water partition coefficient (Wildman–Crippen LogP) is 1.11. The Balaban J connectivity index is 2.37. The molecule has 5 nitrogen and oxygen atoms in total. The van der Waals surface area contributed by atoms with Gasteiger partial charge in [0, 0.05) is 24.4 Å². The lowest BCUT2D eigenvalue weighted by molar-refractivity contribution is -0.138. The second kappa shape index (κ2) is 5.34. The summed E-state index contributed by atoms with van der Waals surface area (Å²) in [6, 6.07) is 1.97. The maximum absolute atomic E-state index is 11.3. The van der Waals surface area contributed by atoms with Crippen LogP contribution in [0.25, 0.3) is 0 Å². The summed E-state index contributed by atoms with van der Waals surface area (Å²) in [5.74, 6) is -1.19. The Hall–Kier alpha value is -1.78. The summed E-state index contributed by atoms with van der Waals surface area (Å²) >= 11 is 0. The van der Waals surface area contributed by atoms with Gasteiger partial charge in [-0.2, -0.15) is 0 Å². The molecule has 0 aliphatic carbocycles. The molecule has 0 radical (unpaired) electrons. The molecule has 1 aromatic heterocycles. The zero-order valence-corrected chi connectivity index (χ0v) is 9.46. The van der Waals surface area contributed by atoms with Crippen LogP contribution in [0.15, 0.2) is 6.07 Å². The van der Waals surface area contributed by atoms with Crippen molar-refractivity contribution >= 4 is 11.9 Å². The normalized spacial score (nSPS) is 10.1. The van der Waals surface area contributed by atoms with Gasteiger partial charge in [-0.3, -0.25) is 9.59 Å². The van der Waals surface area contributed by atoms with Crippen molar-refractivity contribution in [2.24, 2.45) is 0 Å². The molecule has 1 heterocycles. The highest BCUT2D eigenvalue weighted by atomic mass is 16.4. The molecule has 88 valence electrons. The molecule has 0 saturated carbocycles. The summed E-state index contributed by atoms with van der Waals surface area (Å²) < 4.78 is 0. The number of carbonyl (C=O) groups is 2. The fourth-order valence-electron chi connectivity index (χ4n) is 1.47. The number of carboxylic acid groups (broad SMARTS) is 1. The number of nitrogens with one attached hydrogen (secondary N) is 2. The van der Waals surface area contributed by atoms with Crippen LogP contribution in [-0.2, 0) is 16.1 Å². The number of carboxylic acids is 1. The first-order chi connectivity index (χ1) is 7.49. The van der Waals surface area contributed by atoms with Crippen molar-refractivity contribution in [1.82, 2.24) is 10.3 Å². The first-order valence-corrected chi connectivity index (χ1v) is 5.12. The second-order valence-electron chi connectivity index (χ2n) is 3.77. The van der Waals surface area contributed by atoms with E-state index in [0.29, 0.717) is 6.54 Å². The van der Waals surface area contributed by atoms with Gasteiger partial charge in [0.05, 0.1) is 6.42 Å². The molecule has 1 rings (SSSR count). The van der Waals surface area contributed by atoms with E-state index in [1.165, 1.54) is 0 Å². The average molecular weight is 224 g/mol. The van der Waals surface area contributed by atoms with Gasteiger partial charge in [-0.05, 0) is 25.5 Å². The predicted molar refractivity (Wildman–Crippen MR) is 59.0 cm³/mol. The summed E-state index contributed by atoms with van der Waals surface area (Å²) in [5.41, 5.74) is 3.10. The van der Waals surface area contributed by atoms with Gasteiger partial charge in [-0.15, -0.1) is 0 Å². The summed E-state index contributed by atoms with van der Waals surface area (Å²) in [6.45, 7) is 4.32. The van der Waals surface area contributed by atoms with Gasteiger partial charge < -0.3 is 15.4 Å². The number of aryl methyl sites for hydroxylation is 2. The lowest BCUT2D eigenvalue weighted by Gasteiger charge is -2.03. The van der Waals surface area contributed by atoms with Gasteiger partial charge >= 0.3 is 5.97 Å². The van der Waals surface area contributed by atoms with Crippen LogP contribution in [0.2, 0.25) is 0 Å². The lowest BCUT2D eigenvalue weighted by atomic mass is 10.2. The summed E-state index contributed by atoms with van der Waals surface area (Å²) in [5, 5.41) is 11.1. The third-order valence-corrected chi connectivity index (χ3v) is 2.30. The average Bonchev–Trinajstić information content (AvgIpc) is 2.51. The molecule has 1 amide bonds. The summed E-state index contributed by atoms with van der Waals surface area (Å²) in [4.78, 5) is 24.6. The summed E-state index contributed by atoms with van der Waals surface area (Å²) in [6.07, 6.45) is -0.102. The Labute approximate surface area is 93.9 Å². The molecule has 0 atom stereocenters. The van der Waals surface area contributed by atoms with E-state index in [1.807, 2.05) is 19.9 Å². The molecule has 16 heavy (non-hydrogen) atoms. The van der Waals surface area contributed by atoms with E-state index >= 15 is 0 Å². The number of H-pyrrole nitrogens is 1. The molecule has 0 bridgehead atoms. The SMILES string of the molecule is Cc1cc(CNC(=O)CCC(=O)O)c(C)[nH]1. The minimum atomic E-state index is -0.955. The Bertz CT molecular complexity index is 396. The number of carbonyl (C=O) groups excluding carboxylic acids is 1. The van der Waals surface area contributed by atoms with E-state index in [4.69, 9.17) is 5.11 Å². The first-order valence-electron chi connectivity index (χ1n) is 5.12. The molecule has 0 unspecified atom stereocenters. The molecule has 0 spiro atoms. The fraction of sp³-hybridized carbons (Fsp3) is 0.455. The maximum atomic E-state index is 11.3. The highest BCUT2D eigenvalue weighted by Crippen LogP contribution is 2.08. The number of hydrogen-bond acceptors (Lipinski definition) is 2. The van der Waals surface area contributed by atoms with Crippen LogP contribution in [0.1, 0.15) is 29.8 Å². The molecule has 0 fully saturated rings. The monoisotopic (exact) mass is 224 g/mol. The van der Waals surface area contributed by atoms with E-state index in [1.54, 1.807) is 0 Å². The van der Waals surface area contributed by atoms with Crippen LogP contribution in [0.3, 0.4) is 0 Å². The number of aliphatic carboxylic acids is 1. The smallest absolute Gasteiger partial charge is 0.303 e. The topological polar surface area (TPSA) is 82.2 Å². The number of rotatable bonds is 5. The Morgan fingerprint density at radius 1 is 1.38 bits per heavy atom. The molecule has 0 aliphatic rings. The van der Waals surface area contributed by atoms with Gasteiger partial charge in [0.2, 0.25) is 5.91 Å². The number of hydrogen-bond donors (Lipinski definition) is 3. The highest BCUT2D eigenvalue weighted by Gasteiger charge is 2.06. The minimum absolute atomic E-state index is 0.0256. The Kier molecular flexibility index (Phi) is 4.10. The van der Waals surface area contributed by atoms with E-state index in [9.17, 15) is 9.59 Å². The number of aromatic amines is 1. The van der Waals surface area contributed by atoms with Gasteiger partial charge in [-0.1, -0.05) is 0 Å². The van der Waals surface area contributed by atoms with Crippen molar-refractivity contribution in [2.75, 3.05) is 0 Å². The minimum Gasteiger partial charge on any atom is -0.481 e. The molecule has 3 N–H and O–H groups in total. The van der Waals surface area contributed by atoms with Crippen LogP contribution >= 0.6 is 0 Å². The largest absolute Gasteiger partial charge is 0.481 e. The number of aromatic nitrogens is 1. The highest BCUT2D eigenvalue weighted by molar-refractivity contribution is 5.80. The zero-order chi connectivity index (χ0) is 12.1. The van der Waals surface area contributed by atoms with Gasteiger partial charge in [0.15, 0.2) is 0 Å². The molecule has 0 aromatic carbocycles. The quantitative estimate of drug-likeness (QED) is 0.700. The zero-order valence-electron chi connectivity index (χ0n) is 9.46. The molecular formula is C11H16N2O3. The first kappa shape index (κ1) is 12.3. The van der Waals surface area contributed by atoms with E-state index < -0.39 is 5.97 Å². The summed E-state index contributed by atoms with van der Waals surface area (Å²) in [7, 11) is 0. The second-order valence-corrected chi connectivity index (χ2v) is 3.77. The van der Waals surface area contributed by atoms with Crippen LogP contribution in [-0.4, -0.2) is 22.0 Å². The third kappa shape index (κ3) is 3.76. The van der Waals surface area contributed by atoms with Crippen molar-refractivity contribution in [3.63, 3.8) is 0 Å². The van der Waals surface area contributed by atoms with E-state index in [2.05, 4.69) is 10.3 Å². The van der Waals surface area contributed by atoms with Crippen LogP contribution in [0.4, 0.5) is 0 Å². The standard InChI is InChI=1S/C11H16N2O3/c1-7-5-9(8(2)13-7)6-12-10(14)3-4-11(15)16/h5,13H,3-4,6H2,1-2H3,(H,12,14)(H,15,16). The van der Waals surface area contributed by atoms with Crippen LogP contribution in [0, 0.1) is 13.8 Å². The van der Waals surface area contributed by atoms with Crippen molar-refractivity contribution in [1.29, 1.82) is 0 Å². The molecule has 0 aliphatic heterocycles. The molecule has 5 heteroatoms. The fourth-order valence-corrected chi connectivity index (χ4v) is 1.47. The Morgan fingerprint density at radius 3 is 2.56 bits per heavy atom. The van der Waals surface area contributed by atoms with E-state index in [0.717, 1.165) is 17.0 Å². The van der Waals surface area contributed by atoms with Crippen molar-refractivity contribution < 1.29 is 14.7 Å². The molecule has 0 saturated heterocycles. The van der Waals surface area contributed by atoms with E-state index in [-0.39, 0.29) is 18.7 Å². The van der Waals surface area contributed by atoms with Crippen LogP contribution < -0.4 is 5.32 Å². The lowest BCUT2D eigenvalue weighted by Crippen LogP contribution is -2.23. The van der Waals surface area contributed by atoms with Crippen molar-refractivity contribution in [2.45, 2.75) is 33.2 Å². The van der Waals surface area contributed by atoms with Crippen molar-refractivity contribution in [3.05, 3.63) is 23.0 Å². The van der Waals surface area contributed by atoms with Crippen LogP contribution in [0.5, 0.6) is 0 Å². The van der Waals surface area contributed by atoms with Gasteiger partial charge in [-0.25, -0.2) is 0 Å². The van der Waals surface area contributed by atoms with Crippen molar-refractivity contribution in [3.8, 4) is 0 Å². The number of amides is 1. The molecule has 1 aromatic rings. The van der Waals surface area contributed by atoms with Gasteiger partial charge in [0.25, 0.3) is 0 Å². The Morgan fingerprint density at radius 2 is 2.06 bits per heavy atom. The maximum Gasteiger partial charge on any atom is 0.303 e.